The third-order valence-corrected chi connectivity index (χ3v) is 6.49. The van der Waals surface area contributed by atoms with Gasteiger partial charge in [-0.15, -0.1) is 0 Å². The Morgan fingerprint density at radius 3 is 2.24 bits per heavy atom. The van der Waals surface area contributed by atoms with Crippen molar-refractivity contribution >= 4 is 21.8 Å². The van der Waals surface area contributed by atoms with E-state index < -0.39 is 21.8 Å². The molecule has 1 heterocycles. The van der Waals surface area contributed by atoms with E-state index in [9.17, 15) is 18.0 Å². The number of carbonyl (C=O) groups excluding carboxylic acids is 2. The van der Waals surface area contributed by atoms with Crippen LogP contribution >= 0.6 is 0 Å². The summed E-state index contributed by atoms with van der Waals surface area (Å²) in [5.41, 5.74) is 0.177. The average molecular weight is 366 g/mol. The van der Waals surface area contributed by atoms with Gasteiger partial charge in [-0.05, 0) is 37.0 Å². The predicted octanol–water partition coefficient (Wildman–Crippen LogP) is 4.16. The molecule has 0 N–H and O–H groups in total. The number of unbranched alkanes of at least 4 members (excludes halogenated alkanes) is 3. The number of cyclic esters (lactones) is 2. The number of carbonyl (C=O) groups is 2. The highest BCUT2D eigenvalue weighted by Gasteiger charge is 2.31. The van der Waals surface area contributed by atoms with Crippen LogP contribution in [0.25, 0.3) is 0 Å². The largest absolute Gasteiger partial charge is 0.386 e. The fourth-order valence-electron chi connectivity index (χ4n) is 3.15. The zero-order valence-electron chi connectivity index (χ0n) is 14.9. The first kappa shape index (κ1) is 19.6. The molecule has 1 aromatic rings. The summed E-state index contributed by atoms with van der Waals surface area (Å²) in [6.07, 6.45) is 7.09. The molecule has 0 saturated carbocycles. The van der Waals surface area contributed by atoms with Crippen LogP contribution in [0, 0.1) is 5.92 Å². The van der Waals surface area contributed by atoms with Crippen LogP contribution in [0.2, 0.25) is 0 Å². The van der Waals surface area contributed by atoms with Gasteiger partial charge < -0.3 is 4.74 Å². The molecule has 25 heavy (non-hydrogen) atoms. The molecular weight excluding hydrogens is 340 g/mol. The molecular formula is C19H26O5S. The van der Waals surface area contributed by atoms with Gasteiger partial charge >= 0.3 is 11.9 Å². The summed E-state index contributed by atoms with van der Waals surface area (Å²) < 4.78 is 30.1. The summed E-state index contributed by atoms with van der Waals surface area (Å²) in [6.45, 7) is 4.23. The second kappa shape index (κ2) is 8.61. The lowest BCUT2D eigenvalue weighted by Gasteiger charge is -2.17. The van der Waals surface area contributed by atoms with Crippen molar-refractivity contribution in [1.29, 1.82) is 0 Å². The van der Waals surface area contributed by atoms with E-state index in [2.05, 4.69) is 18.6 Å². The Kier molecular flexibility index (Phi) is 6.76. The first-order valence-electron chi connectivity index (χ1n) is 9.02. The fraction of sp³-hybridized carbons (Fsp3) is 0.579. The van der Waals surface area contributed by atoms with E-state index in [0.717, 1.165) is 44.9 Å². The molecule has 1 aliphatic rings. The van der Waals surface area contributed by atoms with Gasteiger partial charge in [0.05, 0.1) is 21.8 Å². The van der Waals surface area contributed by atoms with E-state index in [4.69, 9.17) is 0 Å². The Bertz CT molecular complexity index is 736. The van der Waals surface area contributed by atoms with Crippen molar-refractivity contribution in [3.63, 3.8) is 0 Å². The molecule has 5 nitrogen and oxygen atoms in total. The lowest BCUT2D eigenvalue weighted by molar-refractivity contribution is 0.0443. The van der Waals surface area contributed by atoms with Crippen molar-refractivity contribution in [2.75, 3.05) is 5.75 Å². The third-order valence-electron chi connectivity index (χ3n) is 4.61. The van der Waals surface area contributed by atoms with Gasteiger partial charge in [-0.2, -0.15) is 0 Å². The fourth-order valence-corrected chi connectivity index (χ4v) is 4.87. The maximum absolute atomic E-state index is 12.8. The summed E-state index contributed by atoms with van der Waals surface area (Å²) in [5.74, 6) is -1.29. The zero-order chi connectivity index (χ0) is 18.4. The van der Waals surface area contributed by atoms with Crippen LogP contribution in [0.5, 0.6) is 0 Å². The third kappa shape index (κ3) is 4.91. The highest BCUT2D eigenvalue weighted by atomic mass is 32.2. The lowest BCUT2D eigenvalue weighted by atomic mass is 9.97. The smallest absolute Gasteiger partial charge is 0.346 e. The van der Waals surface area contributed by atoms with Crippen LogP contribution in [-0.4, -0.2) is 26.1 Å². The molecule has 0 aliphatic carbocycles. The molecule has 0 bridgehead atoms. The van der Waals surface area contributed by atoms with Crippen molar-refractivity contribution in [3.8, 4) is 0 Å². The Hall–Kier alpha value is -1.69. The molecule has 1 unspecified atom stereocenters. The highest BCUT2D eigenvalue weighted by molar-refractivity contribution is 7.91. The van der Waals surface area contributed by atoms with Crippen molar-refractivity contribution in [2.24, 2.45) is 5.92 Å². The van der Waals surface area contributed by atoms with Crippen LogP contribution in [0.3, 0.4) is 0 Å². The monoisotopic (exact) mass is 366 g/mol. The summed E-state index contributed by atoms with van der Waals surface area (Å²) in [5, 5.41) is 0. The number of esters is 2. The van der Waals surface area contributed by atoms with E-state index in [0.29, 0.717) is 0 Å². The number of hydrogen-bond donors (Lipinski definition) is 0. The summed E-state index contributed by atoms with van der Waals surface area (Å²) in [4.78, 5) is 23.2. The first-order chi connectivity index (χ1) is 11.9. The van der Waals surface area contributed by atoms with Gasteiger partial charge in [0.25, 0.3) is 0 Å². The topological polar surface area (TPSA) is 77.5 Å². The Morgan fingerprint density at radius 1 is 0.920 bits per heavy atom. The van der Waals surface area contributed by atoms with Gasteiger partial charge in [0.2, 0.25) is 0 Å². The number of benzene rings is 1. The molecule has 6 heteroatoms. The van der Waals surface area contributed by atoms with Crippen molar-refractivity contribution in [3.05, 3.63) is 29.3 Å². The molecule has 1 aromatic carbocycles. The molecule has 0 aromatic heterocycles. The number of rotatable bonds is 10. The standard InChI is InChI=1S/C19H26O5S/c1-3-5-7-9-14(8-6-4-2)13-25(22,23)15-10-11-16-17(12-15)19(21)24-18(16)20/h10-12,14H,3-9,13H2,1-2H3. The minimum Gasteiger partial charge on any atom is -0.386 e. The summed E-state index contributed by atoms with van der Waals surface area (Å²) in [6, 6.07) is 4.05. The van der Waals surface area contributed by atoms with Gasteiger partial charge in [-0.1, -0.05) is 46.0 Å². The van der Waals surface area contributed by atoms with E-state index in [1.54, 1.807) is 0 Å². The molecule has 2 rings (SSSR count). The first-order valence-corrected chi connectivity index (χ1v) is 10.7. The molecule has 0 spiro atoms. The second-order valence-corrected chi connectivity index (χ2v) is 8.70. The SMILES string of the molecule is CCCCCC(CCCC)CS(=O)(=O)c1ccc2c(c1)C(=O)OC2=O. The number of hydrogen-bond acceptors (Lipinski definition) is 5. The van der Waals surface area contributed by atoms with Gasteiger partial charge in [0.15, 0.2) is 9.84 Å². The maximum Gasteiger partial charge on any atom is 0.346 e. The molecule has 0 amide bonds. The number of ether oxygens (including phenoxy) is 1. The van der Waals surface area contributed by atoms with Crippen LogP contribution in [0.1, 0.15) is 79.5 Å². The van der Waals surface area contributed by atoms with E-state index in [1.165, 1.54) is 18.2 Å². The minimum atomic E-state index is -3.51. The maximum atomic E-state index is 12.8. The predicted molar refractivity (Wildman–Crippen MR) is 95.4 cm³/mol. The van der Waals surface area contributed by atoms with Gasteiger partial charge in [0.1, 0.15) is 0 Å². The Labute approximate surface area is 149 Å². The van der Waals surface area contributed by atoms with Crippen molar-refractivity contribution in [2.45, 2.75) is 63.7 Å². The normalized spacial score (nSPS) is 15.1. The molecule has 0 saturated heterocycles. The molecule has 0 radical (unpaired) electrons. The van der Waals surface area contributed by atoms with Crippen LogP contribution in [-0.2, 0) is 14.6 Å². The summed E-state index contributed by atoms with van der Waals surface area (Å²) >= 11 is 0. The van der Waals surface area contributed by atoms with Crippen LogP contribution in [0.15, 0.2) is 23.1 Å². The minimum absolute atomic E-state index is 0.0437. The van der Waals surface area contributed by atoms with Crippen LogP contribution in [0.4, 0.5) is 0 Å². The number of fused-ring (bicyclic) bond motifs is 1. The molecule has 1 atom stereocenters. The summed E-state index contributed by atoms with van der Waals surface area (Å²) in [7, 11) is -3.51. The zero-order valence-corrected chi connectivity index (χ0v) is 15.7. The number of sulfone groups is 1. The van der Waals surface area contributed by atoms with Crippen molar-refractivity contribution in [1.82, 2.24) is 0 Å². The Morgan fingerprint density at radius 2 is 1.56 bits per heavy atom. The molecule has 0 fully saturated rings. The van der Waals surface area contributed by atoms with Gasteiger partial charge in [-0.3, -0.25) is 0 Å². The van der Waals surface area contributed by atoms with Crippen molar-refractivity contribution < 1.29 is 22.7 Å². The van der Waals surface area contributed by atoms with Gasteiger partial charge in [-0.25, -0.2) is 18.0 Å². The molecule has 1 aliphatic heterocycles. The van der Waals surface area contributed by atoms with E-state index in [-0.39, 0.29) is 27.7 Å². The Balaban J connectivity index is 2.17. The quantitative estimate of drug-likeness (QED) is 0.353. The second-order valence-electron chi connectivity index (χ2n) is 6.67. The highest BCUT2D eigenvalue weighted by Crippen LogP contribution is 2.27. The van der Waals surface area contributed by atoms with Crippen LogP contribution < -0.4 is 0 Å². The van der Waals surface area contributed by atoms with E-state index in [1.807, 2.05) is 0 Å². The van der Waals surface area contributed by atoms with Gasteiger partial charge in [0, 0.05) is 0 Å². The average Bonchev–Trinajstić information content (AvgIpc) is 2.86. The molecule has 138 valence electrons. The lowest BCUT2D eigenvalue weighted by Crippen LogP contribution is -2.17. The van der Waals surface area contributed by atoms with E-state index >= 15 is 0 Å².